The van der Waals surface area contributed by atoms with E-state index in [-0.39, 0.29) is 5.78 Å². The molecule has 2 unspecified atom stereocenters. The van der Waals surface area contributed by atoms with Crippen LogP contribution in [-0.2, 0) is 0 Å². The molecule has 0 fully saturated rings. The molecule has 0 heterocycles. The molecular weight excluding hydrogens is 220 g/mol. The Morgan fingerprint density at radius 3 is 2.39 bits per heavy atom. The molecule has 2 atom stereocenters. The third-order valence-corrected chi connectivity index (χ3v) is 3.88. The maximum Gasteiger partial charge on any atom is 0.192 e. The van der Waals surface area contributed by atoms with E-state index in [4.69, 9.17) is 0 Å². The SMILES string of the molecule is Cc1ccc(C(=O)C2=CC(C)C(C)C=C2)cc1C. The largest absolute Gasteiger partial charge is 0.289 e. The lowest BCUT2D eigenvalue weighted by molar-refractivity contribution is 0.103. The lowest BCUT2D eigenvalue weighted by Gasteiger charge is -2.18. The summed E-state index contributed by atoms with van der Waals surface area (Å²) < 4.78 is 0. The molecular formula is C17H20O. The van der Waals surface area contributed by atoms with Crippen molar-refractivity contribution in [2.24, 2.45) is 11.8 Å². The van der Waals surface area contributed by atoms with Crippen LogP contribution in [0.5, 0.6) is 0 Å². The Hall–Kier alpha value is -1.63. The number of carbonyl (C=O) groups excluding carboxylic acids is 1. The van der Waals surface area contributed by atoms with Crippen LogP contribution in [0.25, 0.3) is 0 Å². The number of benzene rings is 1. The van der Waals surface area contributed by atoms with E-state index < -0.39 is 0 Å². The van der Waals surface area contributed by atoms with E-state index in [2.05, 4.69) is 32.9 Å². The third-order valence-electron chi connectivity index (χ3n) is 3.88. The monoisotopic (exact) mass is 240 g/mol. The number of carbonyl (C=O) groups is 1. The zero-order valence-electron chi connectivity index (χ0n) is 11.5. The van der Waals surface area contributed by atoms with Gasteiger partial charge in [0.05, 0.1) is 0 Å². The predicted octanol–water partition coefficient (Wildman–Crippen LogP) is 4.25. The van der Waals surface area contributed by atoms with Crippen LogP contribution in [0.15, 0.2) is 42.0 Å². The molecule has 0 saturated carbocycles. The molecule has 0 saturated heterocycles. The number of Topliss-reactive ketones (excluding diaryl/α,β-unsaturated/α-hetero) is 1. The van der Waals surface area contributed by atoms with E-state index in [0.29, 0.717) is 11.8 Å². The summed E-state index contributed by atoms with van der Waals surface area (Å²) in [6.07, 6.45) is 6.17. The van der Waals surface area contributed by atoms with Gasteiger partial charge in [-0.1, -0.05) is 44.2 Å². The minimum Gasteiger partial charge on any atom is -0.289 e. The van der Waals surface area contributed by atoms with E-state index in [1.807, 2.05) is 31.2 Å². The van der Waals surface area contributed by atoms with Gasteiger partial charge in [-0.15, -0.1) is 0 Å². The topological polar surface area (TPSA) is 17.1 Å². The van der Waals surface area contributed by atoms with Gasteiger partial charge in [0.2, 0.25) is 0 Å². The maximum atomic E-state index is 12.4. The summed E-state index contributed by atoms with van der Waals surface area (Å²) in [6, 6.07) is 5.92. The third kappa shape index (κ3) is 2.45. The molecule has 0 spiro atoms. The number of allylic oxidation sites excluding steroid dienone is 4. The second-order valence-corrected chi connectivity index (χ2v) is 5.33. The summed E-state index contributed by atoms with van der Waals surface area (Å²) in [6.45, 7) is 8.44. The molecule has 0 aliphatic heterocycles. The number of ketones is 1. The number of aryl methyl sites for hydroxylation is 2. The number of hydrogen-bond donors (Lipinski definition) is 0. The van der Waals surface area contributed by atoms with Gasteiger partial charge in [-0.25, -0.2) is 0 Å². The zero-order chi connectivity index (χ0) is 13.3. The molecule has 0 bridgehead atoms. The average Bonchev–Trinajstić information content (AvgIpc) is 2.35. The second kappa shape index (κ2) is 4.93. The van der Waals surface area contributed by atoms with E-state index >= 15 is 0 Å². The fourth-order valence-electron chi connectivity index (χ4n) is 2.12. The quantitative estimate of drug-likeness (QED) is 0.706. The van der Waals surface area contributed by atoms with Crippen LogP contribution >= 0.6 is 0 Å². The Labute approximate surface area is 109 Å². The Morgan fingerprint density at radius 2 is 1.78 bits per heavy atom. The predicted molar refractivity (Wildman–Crippen MR) is 75.8 cm³/mol. The molecule has 0 aromatic heterocycles. The first-order valence-electron chi connectivity index (χ1n) is 6.51. The molecule has 0 radical (unpaired) electrons. The summed E-state index contributed by atoms with van der Waals surface area (Å²) >= 11 is 0. The first-order valence-corrected chi connectivity index (χ1v) is 6.51. The molecule has 0 amide bonds. The number of hydrogen-bond acceptors (Lipinski definition) is 1. The van der Waals surface area contributed by atoms with Gasteiger partial charge in [0.25, 0.3) is 0 Å². The molecule has 1 heteroatoms. The fourth-order valence-corrected chi connectivity index (χ4v) is 2.12. The van der Waals surface area contributed by atoms with E-state index in [1.165, 1.54) is 11.1 Å². The van der Waals surface area contributed by atoms with Crippen LogP contribution in [0.3, 0.4) is 0 Å². The first kappa shape index (κ1) is 12.8. The minimum atomic E-state index is 0.133. The van der Waals surface area contributed by atoms with Gasteiger partial charge < -0.3 is 0 Å². The molecule has 1 nitrogen and oxygen atoms in total. The van der Waals surface area contributed by atoms with Crippen LogP contribution in [-0.4, -0.2) is 5.78 Å². The van der Waals surface area contributed by atoms with Gasteiger partial charge in [0.1, 0.15) is 0 Å². The van der Waals surface area contributed by atoms with Gasteiger partial charge in [-0.05, 0) is 42.9 Å². The van der Waals surface area contributed by atoms with Crippen molar-refractivity contribution in [2.75, 3.05) is 0 Å². The maximum absolute atomic E-state index is 12.4. The summed E-state index contributed by atoms with van der Waals surface area (Å²) in [4.78, 5) is 12.4. The van der Waals surface area contributed by atoms with Crippen molar-refractivity contribution in [3.05, 3.63) is 58.7 Å². The normalized spacial score (nSPS) is 22.8. The Bertz CT molecular complexity index is 535. The molecule has 0 N–H and O–H groups in total. The lowest BCUT2D eigenvalue weighted by atomic mass is 9.86. The number of rotatable bonds is 2. The molecule has 1 aromatic rings. The minimum absolute atomic E-state index is 0.133. The highest BCUT2D eigenvalue weighted by Gasteiger charge is 2.17. The summed E-state index contributed by atoms with van der Waals surface area (Å²) in [5.41, 5.74) is 4.00. The van der Waals surface area contributed by atoms with Crippen molar-refractivity contribution in [3.63, 3.8) is 0 Å². The lowest BCUT2D eigenvalue weighted by Crippen LogP contribution is -2.12. The van der Waals surface area contributed by atoms with Crippen molar-refractivity contribution in [2.45, 2.75) is 27.7 Å². The van der Waals surface area contributed by atoms with E-state index in [9.17, 15) is 4.79 Å². The highest BCUT2D eigenvalue weighted by Crippen LogP contribution is 2.24. The van der Waals surface area contributed by atoms with Gasteiger partial charge >= 0.3 is 0 Å². The van der Waals surface area contributed by atoms with Crippen molar-refractivity contribution in [1.29, 1.82) is 0 Å². The van der Waals surface area contributed by atoms with Crippen LogP contribution in [0.1, 0.15) is 35.3 Å². The molecule has 94 valence electrons. The Morgan fingerprint density at radius 1 is 1.06 bits per heavy atom. The molecule has 1 aliphatic carbocycles. The molecule has 18 heavy (non-hydrogen) atoms. The summed E-state index contributed by atoms with van der Waals surface area (Å²) in [7, 11) is 0. The Kier molecular flexibility index (Phi) is 3.51. The van der Waals surface area contributed by atoms with Gasteiger partial charge in [0, 0.05) is 11.1 Å². The van der Waals surface area contributed by atoms with Gasteiger partial charge in [-0.2, -0.15) is 0 Å². The van der Waals surface area contributed by atoms with Gasteiger partial charge in [-0.3, -0.25) is 4.79 Å². The highest BCUT2D eigenvalue weighted by atomic mass is 16.1. The second-order valence-electron chi connectivity index (χ2n) is 5.33. The Balaban J connectivity index is 2.30. The average molecular weight is 240 g/mol. The van der Waals surface area contributed by atoms with Crippen molar-refractivity contribution in [3.8, 4) is 0 Å². The summed E-state index contributed by atoms with van der Waals surface area (Å²) in [5.74, 6) is 1.08. The van der Waals surface area contributed by atoms with E-state index in [0.717, 1.165) is 11.1 Å². The van der Waals surface area contributed by atoms with E-state index in [1.54, 1.807) is 0 Å². The van der Waals surface area contributed by atoms with Crippen LogP contribution in [0.2, 0.25) is 0 Å². The smallest absolute Gasteiger partial charge is 0.192 e. The molecule has 1 aliphatic rings. The standard InChI is InChI=1S/C17H20O/c1-11-5-7-15(9-13(11)3)17(18)16-8-6-12(2)14(4)10-16/h5-11,13H,1-4H3. The van der Waals surface area contributed by atoms with Gasteiger partial charge in [0.15, 0.2) is 5.78 Å². The fraction of sp³-hybridized carbons (Fsp3) is 0.353. The highest BCUT2D eigenvalue weighted by molar-refractivity contribution is 6.10. The summed E-state index contributed by atoms with van der Waals surface area (Å²) in [5, 5.41) is 0. The van der Waals surface area contributed by atoms with Crippen molar-refractivity contribution < 1.29 is 4.79 Å². The van der Waals surface area contributed by atoms with Crippen LogP contribution in [0.4, 0.5) is 0 Å². The van der Waals surface area contributed by atoms with Crippen molar-refractivity contribution in [1.82, 2.24) is 0 Å². The molecule has 2 rings (SSSR count). The van der Waals surface area contributed by atoms with Crippen LogP contribution < -0.4 is 0 Å². The van der Waals surface area contributed by atoms with Crippen LogP contribution in [0, 0.1) is 25.7 Å². The first-order chi connectivity index (χ1) is 8.49. The molecule has 1 aromatic carbocycles. The zero-order valence-corrected chi connectivity index (χ0v) is 11.5. The van der Waals surface area contributed by atoms with Crippen molar-refractivity contribution >= 4 is 5.78 Å².